The number of aliphatic hydroxyl groups is 1. The molecule has 0 bridgehead atoms. The molecule has 1 aliphatic rings. The minimum absolute atomic E-state index is 0.0219. The molecular formula is C26H22ClNO6. The number of hydrogen-bond donors (Lipinski definition) is 2. The molecule has 1 aliphatic heterocycles. The standard InChI is InChI=1S/C26H22ClNO6/c1-3-34-18-11-7-8-15(12-18)23(29)21-22(16-13-19(27)24(30)20(14-16)33-2)28(26(32)25(21)31)17-9-5-4-6-10-17/h4-14,22,29-30H,3H2,1-2H3/b23-21+. The third-order valence-electron chi connectivity index (χ3n) is 5.48. The lowest BCUT2D eigenvalue weighted by Gasteiger charge is -2.26. The molecule has 3 aromatic rings. The molecule has 1 heterocycles. The van der Waals surface area contributed by atoms with Gasteiger partial charge in [-0.3, -0.25) is 14.5 Å². The predicted octanol–water partition coefficient (Wildman–Crippen LogP) is 5.08. The number of phenols is 1. The van der Waals surface area contributed by atoms with Crippen LogP contribution in [0, 0.1) is 0 Å². The van der Waals surface area contributed by atoms with Gasteiger partial charge >= 0.3 is 0 Å². The van der Waals surface area contributed by atoms with Gasteiger partial charge in [0.15, 0.2) is 11.5 Å². The van der Waals surface area contributed by atoms with Gasteiger partial charge in [0, 0.05) is 11.3 Å². The van der Waals surface area contributed by atoms with Crippen LogP contribution in [-0.4, -0.2) is 35.6 Å². The Morgan fingerprint density at radius 1 is 1.06 bits per heavy atom. The van der Waals surface area contributed by atoms with Crippen LogP contribution in [0.25, 0.3) is 5.76 Å². The molecule has 7 nitrogen and oxygen atoms in total. The van der Waals surface area contributed by atoms with E-state index >= 15 is 0 Å². The molecule has 2 N–H and O–H groups in total. The van der Waals surface area contributed by atoms with Crippen molar-refractivity contribution in [3.05, 3.63) is 88.5 Å². The number of carbonyl (C=O) groups excluding carboxylic acids is 2. The van der Waals surface area contributed by atoms with Gasteiger partial charge in [0.2, 0.25) is 0 Å². The third kappa shape index (κ3) is 4.06. The van der Waals surface area contributed by atoms with E-state index in [1.807, 2.05) is 6.92 Å². The van der Waals surface area contributed by atoms with Gasteiger partial charge in [0.05, 0.1) is 30.4 Å². The minimum Gasteiger partial charge on any atom is -0.507 e. The molecular weight excluding hydrogens is 458 g/mol. The first-order chi connectivity index (χ1) is 16.4. The molecule has 1 unspecified atom stereocenters. The van der Waals surface area contributed by atoms with Gasteiger partial charge in [-0.15, -0.1) is 0 Å². The lowest BCUT2D eigenvalue weighted by atomic mass is 9.94. The maximum atomic E-state index is 13.3. The third-order valence-corrected chi connectivity index (χ3v) is 5.77. The summed E-state index contributed by atoms with van der Waals surface area (Å²) in [7, 11) is 1.36. The largest absolute Gasteiger partial charge is 0.507 e. The fourth-order valence-corrected chi connectivity index (χ4v) is 4.18. The van der Waals surface area contributed by atoms with Gasteiger partial charge in [-0.25, -0.2) is 0 Å². The highest BCUT2D eigenvalue weighted by molar-refractivity contribution is 6.51. The van der Waals surface area contributed by atoms with E-state index in [0.717, 1.165) is 0 Å². The number of methoxy groups -OCH3 is 1. The molecule has 174 valence electrons. The lowest BCUT2D eigenvalue weighted by molar-refractivity contribution is -0.132. The number of phenolic OH excluding ortho intramolecular Hbond substituents is 1. The molecule has 1 atom stereocenters. The molecule has 0 aliphatic carbocycles. The van der Waals surface area contributed by atoms with Crippen LogP contribution < -0.4 is 14.4 Å². The van der Waals surface area contributed by atoms with E-state index < -0.39 is 17.7 Å². The Morgan fingerprint density at radius 2 is 1.79 bits per heavy atom. The monoisotopic (exact) mass is 479 g/mol. The van der Waals surface area contributed by atoms with E-state index in [-0.39, 0.29) is 27.9 Å². The second-order valence-electron chi connectivity index (χ2n) is 7.52. The average molecular weight is 480 g/mol. The summed E-state index contributed by atoms with van der Waals surface area (Å²) in [4.78, 5) is 27.7. The number of nitrogens with zero attached hydrogens (tertiary/aromatic N) is 1. The highest BCUT2D eigenvalue weighted by Crippen LogP contribution is 2.46. The lowest BCUT2D eigenvalue weighted by Crippen LogP contribution is -2.29. The number of amides is 1. The van der Waals surface area contributed by atoms with Gasteiger partial charge in [-0.1, -0.05) is 41.9 Å². The Bertz CT molecular complexity index is 1290. The van der Waals surface area contributed by atoms with E-state index in [2.05, 4.69) is 0 Å². The number of Topliss-reactive ketones (excluding diaryl/α,β-unsaturated/α-hetero) is 1. The van der Waals surface area contributed by atoms with Crippen LogP contribution in [0.2, 0.25) is 5.02 Å². The molecule has 3 aromatic carbocycles. The van der Waals surface area contributed by atoms with Crippen molar-refractivity contribution < 1.29 is 29.3 Å². The second-order valence-corrected chi connectivity index (χ2v) is 7.93. The summed E-state index contributed by atoms with van der Waals surface area (Å²) in [5.74, 6) is -1.70. The van der Waals surface area contributed by atoms with E-state index in [1.54, 1.807) is 54.6 Å². The minimum atomic E-state index is -1.02. The van der Waals surface area contributed by atoms with Crippen LogP contribution in [-0.2, 0) is 9.59 Å². The summed E-state index contributed by atoms with van der Waals surface area (Å²) in [5, 5.41) is 21.4. The number of halogens is 1. The second kappa shape index (κ2) is 9.49. The number of rotatable bonds is 6. The number of para-hydroxylation sites is 1. The number of carbonyl (C=O) groups is 2. The highest BCUT2D eigenvalue weighted by Gasteiger charge is 2.47. The fourth-order valence-electron chi connectivity index (χ4n) is 3.97. The zero-order valence-electron chi connectivity index (χ0n) is 18.5. The first-order valence-electron chi connectivity index (χ1n) is 10.5. The Labute approximate surface area is 201 Å². The van der Waals surface area contributed by atoms with E-state index in [9.17, 15) is 19.8 Å². The number of benzene rings is 3. The Kier molecular flexibility index (Phi) is 6.47. The molecule has 0 aromatic heterocycles. The normalized spacial score (nSPS) is 17.1. The van der Waals surface area contributed by atoms with Gasteiger partial charge in [0.25, 0.3) is 11.7 Å². The van der Waals surface area contributed by atoms with Crippen LogP contribution in [0.1, 0.15) is 24.1 Å². The first kappa shape index (κ1) is 23.2. The molecule has 4 rings (SSSR count). The predicted molar refractivity (Wildman–Crippen MR) is 129 cm³/mol. The van der Waals surface area contributed by atoms with Crippen molar-refractivity contribution >= 4 is 34.7 Å². The smallest absolute Gasteiger partial charge is 0.300 e. The zero-order valence-corrected chi connectivity index (χ0v) is 19.2. The highest BCUT2D eigenvalue weighted by atomic mass is 35.5. The summed E-state index contributed by atoms with van der Waals surface area (Å²) in [6.07, 6.45) is 0. The van der Waals surface area contributed by atoms with Crippen LogP contribution >= 0.6 is 11.6 Å². The molecule has 0 saturated carbocycles. The molecule has 1 saturated heterocycles. The first-order valence-corrected chi connectivity index (χ1v) is 10.9. The number of aromatic hydroxyl groups is 1. The van der Waals surface area contributed by atoms with E-state index in [1.165, 1.54) is 24.1 Å². The Hall–Kier alpha value is -3.97. The average Bonchev–Trinajstić information content (AvgIpc) is 3.11. The summed E-state index contributed by atoms with van der Waals surface area (Å²) >= 11 is 6.23. The number of anilines is 1. The molecule has 1 fully saturated rings. The number of ketones is 1. The topological polar surface area (TPSA) is 96.3 Å². The van der Waals surface area contributed by atoms with Crippen molar-refractivity contribution in [2.75, 3.05) is 18.6 Å². The van der Waals surface area contributed by atoms with Crippen molar-refractivity contribution in [1.29, 1.82) is 0 Å². The van der Waals surface area contributed by atoms with E-state index in [4.69, 9.17) is 21.1 Å². The number of aliphatic hydroxyl groups excluding tert-OH is 1. The van der Waals surface area contributed by atoms with Crippen molar-refractivity contribution in [1.82, 2.24) is 0 Å². The van der Waals surface area contributed by atoms with Gasteiger partial charge in [0.1, 0.15) is 11.5 Å². The Morgan fingerprint density at radius 3 is 2.47 bits per heavy atom. The van der Waals surface area contributed by atoms with Gasteiger partial charge < -0.3 is 19.7 Å². The fraction of sp³-hybridized carbons (Fsp3) is 0.154. The van der Waals surface area contributed by atoms with Crippen molar-refractivity contribution in [2.45, 2.75) is 13.0 Å². The van der Waals surface area contributed by atoms with E-state index in [0.29, 0.717) is 29.2 Å². The summed E-state index contributed by atoms with van der Waals surface area (Å²) in [6, 6.07) is 17.2. The zero-order chi connectivity index (χ0) is 24.4. The van der Waals surface area contributed by atoms with Crippen molar-refractivity contribution in [3.8, 4) is 17.2 Å². The maximum absolute atomic E-state index is 13.3. The van der Waals surface area contributed by atoms with Crippen LogP contribution in [0.4, 0.5) is 5.69 Å². The van der Waals surface area contributed by atoms with Gasteiger partial charge in [-0.2, -0.15) is 0 Å². The summed E-state index contributed by atoms with van der Waals surface area (Å²) < 4.78 is 10.7. The molecule has 34 heavy (non-hydrogen) atoms. The molecule has 0 radical (unpaired) electrons. The van der Waals surface area contributed by atoms with Crippen LogP contribution in [0.5, 0.6) is 17.2 Å². The number of hydrogen-bond acceptors (Lipinski definition) is 6. The van der Waals surface area contributed by atoms with Gasteiger partial charge in [-0.05, 0) is 48.9 Å². The molecule has 0 spiro atoms. The van der Waals surface area contributed by atoms with Crippen LogP contribution in [0.15, 0.2) is 72.3 Å². The SMILES string of the molecule is CCOc1cccc(/C(O)=C2\C(=O)C(=O)N(c3ccccc3)C2c2cc(Cl)c(O)c(OC)c2)c1. The van der Waals surface area contributed by atoms with Crippen LogP contribution in [0.3, 0.4) is 0 Å². The molecule has 1 amide bonds. The quantitative estimate of drug-likeness (QED) is 0.291. The number of ether oxygens (including phenoxy) is 2. The van der Waals surface area contributed by atoms with Crippen molar-refractivity contribution in [2.24, 2.45) is 0 Å². The maximum Gasteiger partial charge on any atom is 0.300 e. The Balaban J connectivity index is 1.97. The van der Waals surface area contributed by atoms with Crippen molar-refractivity contribution in [3.63, 3.8) is 0 Å². The molecule has 8 heteroatoms. The summed E-state index contributed by atoms with van der Waals surface area (Å²) in [6.45, 7) is 2.26. The summed E-state index contributed by atoms with van der Waals surface area (Å²) in [5.41, 5.74) is 1.04.